The highest BCUT2D eigenvalue weighted by Crippen LogP contribution is 2.25. The first-order valence-electron chi connectivity index (χ1n) is 11.8. The van der Waals surface area contributed by atoms with Crippen LogP contribution in [-0.2, 0) is 21.4 Å². The lowest BCUT2D eigenvalue weighted by Crippen LogP contribution is -2.28. The van der Waals surface area contributed by atoms with Gasteiger partial charge in [0.1, 0.15) is 10.6 Å². The van der Waals surface area contributed by atoms with E-state index in [-0.39, 0.29) is 29.2 Å². The first-order valence-corrected chi connectivity index (χ1v) is 13.2. The Bertz CT molecular complexity index is 1470. The molecule has 37 heavy (non-hydrogen) atoms. The molecule has 4 N–H and O–H groups in total. The van der Waals surface area contributed by atoms with Gasteiger partial charge in [0.2, 0.25) is 5.95 Å². The zero-order valence-corrected chi connectivity index (χ0v) is 20.6. The molecule has 1 aliphatic rings. The van der Waals surface area contributed by atoms with Crippen molar-refractivity contribution in [2.45, 2.75) is 30.4 Å². The van der Waals surface area contributed by atoms with Gasteiger partial charge in [0.15, 0.2) is 0 Å². The minimum Gasteiger partial charge on any atom is -0.382 e. The molecule has 0 bridgehead atoms. The highest BCUT2D eigenvalue weighted by atomic mass is 32.2. The largest absolute Gasteiger partial charge is 0.382 e. The van der Waals surface area contributed by atoms with Crippen molar-refractivity contribution in [2.75, 3.05) is 23.8 Å². The Morgan fingerprint density at radius 2 is 2.00 bits per heavy atom. The van der Waals surface area contributed by atoms with Crippen molar-refractivity contribution in [3.05, 3.63) is 72.6 Å². The maximum atomic E-state index is 12.8. The summed E-state index contributed by atoms with van der Waals surface area (Å²) in [6.07, 6.45) is 3.91. The van der Waals surface area contributed by atoms with Gasteiger partial charge in [-0.05, 0) is 61.4 Å². The zero-order valence-electron chi connectivity index (χ0n) is 19.8. The second-order valence-electron chi connectivity index (χ2n) is 8.47. The van der Waals surface area contributed by atoms with E-state index in [0.717, 1.165) is 30.8 Å². The number of imidazole rings is 1. The molecular formula is C25H26N6O5S. The molecule has 0 spiro atoms. The van der Waals surface area contributed by atoms with Gasteiger partial charge in [0.25, 0.3) is 0 Å². The van der Waals surface area contributed by atoms with Crippen LogP contribution in [0.3, 0.4) is 0 Å². The molecule has 5 rings (SSSR count). The Morgan fingerprint density at radius 1 is 1.14 bits per heavy atom. The molecular weight excluding hydrogens is 496 g/mol. The molecule has 12 heteroatoms. The molecule has 0 saturated carbocycles. The van der Waals surface area contributed by atoms with Gasteiger partial charge in [-0.25, -0.2) is 9.78 Å². The number of fused-ring (bicyclic) bond motifs is 1. The number of hydrogen-bond acceptors (Lipinski definition) is 8. The molecule has 1 saturated heterocycles. The zero-order chi connectivity index (χ0) is 25.7. The number of amides is 2. The van der Waals surface area contributed by atoms with E-state index in [2.05, 4.69) is 30.9 Å². The summed E-state index contributed by atoms with van der Waals surface area (Å²) in [5.41, 5.74) is 2.56. The van der Waals surface area contributed by atoms with Crippen molar-refractivity contribution in [3.63, 3.8) is 0 Å². The number of rotatable bonds is 9. The third-order valence-electron chi connectivity index (χ3n) is 5.75. The lowest BCUT2D eigenvalue weighted by Gasteiger charge is -2.12. The van der Waals surface area contributed by atoms with Gasteiger partial charge in [-0.1, -0.05) is 6.07 Å². The Kier molecular flexibility index (Phi) is 7.19. The molecule has 2 amide bonds. The number of carbonyl (C=O) groups excluding carboxylic acids is 1. The molecule has 2 aromatic carbocycles. The summed E-state index contributed by atoms with van der Waals surface area (Å²) in [5, 5.41) is 8.56. The van der Waals surface area contributed by atoms with E-state index >= 15 is 0 Å². The molecule has 1 fully saturated rings. The smallest absolute Gasteiger partial charge is 0.339 e. The van der Waals surface area contributed by atoms with Crippen molar-refractivity contribution in [1.29, 1.82) is 0 Å². The fraction of sp³-hybridized carbons (Fsp3) is 0.240. The van der Waals surface area contributed by atoms with Gasteiger partial charge in [-0.2, -0.15) is 8.42 Å². The molecule has 0 aliphatic carbocycles. The number of carbonyl (C=O) groups is 1. The number of ether oxygens (including phenoxy) is 1. The quantitative estimate of drug-likeness (QED) is 0.244. The van der Waals surface area contributed by atoms with Crippen LogP contribution in [0.4, 0.5) is 16.4 Å². The number of hydrogen-bond donors (Lipinski definition) is 4. The molecule has 1 aliphatic heterocycles. The number of nitrogens with one attached hydrogen (secondary N) is 4. The number of urea groups is 1. The number of nitrogens with zero attached hydrogens (tertiary/aromatic N) is 2. The van der Waals surface area contributed by atoms with E-state index in [9.17, 15) is 13.2 Å². The topological polar surface area (TPSA) is 147 Å². The number of pyridine rings is 1. The highest BCUT2D eigenvalue weighted by Gasteiger charge is 2.18. The fourth-order valence-electron chi connectivity index (χ4n) is 3.88. The van der Waals surface area contributed by atoms with Crippen LogP contribution in [0.5, 0.6) is 5.75 Å². The van der Waals surface area contributed by atoms with Crippen LogP contribution < -0.4 is 20.1 Å². The van der Waals surface area contributed by atoms with Gasteiger partial charge >= 0.3 is 16.1 Å². The van der Waals surface area contributed by atoms with Gasteiger partial charge in [-0.3, -0.25) is 10.3 Å². The van der Waals surface area contributed by atoms with Gasteiger partial charge in [0.05, 0.1) is 29.4 Å². The summed E-state index contributed by atoms with van der Waals surface area (Å²) in [6, 6.07) is 16.0. The number of anilines is 2. The Morgan fingerprint density at radius 3 is 2.76 bits per heavy atom. The average Bonchev–Trinajstić information content (AvgIpc) is 3.56. The number of aromatic nitrogens is 3. The lowest BCUT2D eigenvalue weighted by atomic mass is 10.2. The molecule has 2 aromatic heterocycles. The predicted molar refractivity (Wildman–Crippen MR) is 138 cm³/mol. The van der Waals surface area contributed by atoms with E-state index in [0.29, 0.717) is 17.6 Å². The van der Waals surface area contributed by atoms with Crippen LogP contribution in [0.15, 0.2) is 71.8 Å². The minimum absolute atomic E-state index is 0.0341. The molecule has 11 nitrogen and oxygen atoms in total. The summed E-state index contributed by atoms with van der Waals surface area (Å²) in [5.74, 6) is 0.322. The van der Waals surface area contributed by atoms with Crippen molar-refractivity contribution in [1.82, 2.24) is 20.3 Å². The summed E-state index contributed by atoms with van der Waals surface area (Å²) in [7, 11) is -4.05. The summed E-state index contributed by atoms with van der Waals surface area (Å²) in [6.45, 7) is 1.72. The monoisotopic (exact) mass is 522 g/mol. The number of H-pyrrole nitrogens is 1. The van der Waals surface area contributed by atoms with Crippen LogP contribution in [-0.4, -0.2) is 48.7 Å². The summed E-state index contributed by atoms with van der Waals surface area (Å²) >= 11 is 0. The summed E-state index contributed by atoms with van der Waals surface area (Å²) in [4.78, 5) is 23.6. The lowest BCUT2D eigenvalue weighted by molar-refractivity contribution is 0.120. The molecule has 192 valence electrons. The van der Waals surface area contributed by atoms with E-state index in [1.807, 2.05) is 6.07 Å². The Labute approximate surface area is 213 Å². The van der Waals surface area contributed by atoms with Crippen LogP contribution in [0.25, 0.3) is 11.0 Å². The maximum Gasteiger partial charge on any atom is 0.339 e. The Hall–Kier alpha value is -4.16. The van der Waals surface area contributed by atoms with E-state index in [1.165, 1.54) is 24.3 Å². The first kappa shape index (κ1) is 24.5. The van der Waals surface area contributed by atoms with E-state index in [1.54, 1.807) is 36.5 Å². The molecule has 1 atom stereocenters. The van der Waals surface area contributed by atoms with Crippen molar-refractivity contribution < 1.29 is 22.1 Å². The van der Waals surface area contributed by atoms with Crippen LogP contribution in [0.1, 0.15) is 18.5 Å². The number of benzene rings is 2. The van der Waals surface area contributed by atoms with Gasteiger partial charge < -0.3 is 24.5 Å². The SMILES string of the molecule is O=C(NCc1ccccn1)Nc1nc2ccc(OS(=O)(=O)c3ccc(NCC4CCCO4)cc3)cc2[nH]1. The molecule has 4 aromatic rings. The third-order valence-corrected chi connectivity index (χ3v) is 7.01. The predicted octanol–water partition coefficient (Wildman–Crippen LogP) is 3.64. The second kappa shape index (κ2) is 10.8. The van der Waals surface area contributed by atoms with Crippen LogP contribution in [0.2, 0.25) is 0 Å². The average molecular weight is 523 g/mol. The standard InChI is InChI=1S/C25H26N6O5S/c32-25(28-15-18-4-1-2-12-26-18)31-24-29-22-11-8-19(14-23(22)30-24)36-37(33,34)21-9-6-17(7-10-21)27-16-20-5-3-13-35-20/h1-2,4,6-12,14,20,27H,3,5,13,15-16H2,(H3,28,29,30,31,32). The second-order valence-corrected chi connectivity index (χ2v) is 10.0. The van der Waals surface area contributed by atoms with Gasteiger partial charge in [0, 0.05) is 31.1 Å². The number of aromatic amines is 1. The molecule has 3 heterocycles. The van der Waals surface area contributed by atoms with Crippen molar-refractivity contribution in [2.24, 2.45) is 0 Å². The molecule has 0 radical (unpaired) electrons. The van der Waals surface area contributed by atoms with Crippen molar-refractivity contribution in [3.8, 4) is 5.75 Å². The molecule has 1 unspecified atom stereocenters. The normalized spacial score (nSPS) is 15.4. The summed E-state index contributed by atoms with van der Waals surface area (Å²) < 4.78 is 36.5. The van der Waals surface area contributed by atoms with Crippen molar-refractivity contribution >= 4 is 38.8 Å². The Balaban J connectivity index is 1.19. The first-order chi connectivity index (χ1) is 17.9. The van der Waals surface area contributed by atoms with Crippen LogP contribution in [0, 0.1) is 0 Å². The minimum atomic E-state index is -4.05. The van der Waals surface area contributed by atoms with Gasteiger partial charge in [-0.15, -0.1) is 0 Å². The van der Waals surface area contributed by atoms with Crippen LogP contribution >= 0.6 is 0 Å². The third kappa shape index (κ3) is 6.35. The van der Waals surface area contributed by atoms with E-state index < -0.39 is 16.1 Å². The van der Waals surface area contributed by atoms with E-state index in [4.69, 9.17) is 8.92 Å². The maximum absolute atomic E-state index is 12.8. The highest BCUT2D eigenvalue weighted by molar-refractivity contribution is 7.87. The fourth-order valence-corrected chi connectivity index (χ4v) is 4.80.